The molecule has 1 fully saturated rings. The van der Waals surface area contributed by atoms with E-state index in [1.165, 1.54) is 0 Å². The monoisotopic (exact) mass is 329 g/mol. The summed E-state index contributed by atoms with van der Waals surface area (Å²) in [5.74, 6) is 0.819. The molecule has 1 aromatic carbocycles. The van der Waals surface area contributed by atoms with Gasteiger partial charge in [0.1, 0.15) is 12.1 Å². The first-order valence-corrected chi connectivity index (χ1v) is 7.88. The summed E-state index contributed by atoms with van der Waals surface area (Å²) in [5, 5.41) is 23.9. The number of fused-ring (bicyclic) bond motifs is 1. The van der Waals surface area contributed by atoms with Gasteiger partial charge >= 0.3 is 0 Å². The molecule has 1 atom stereocenters. The summed E-state index contributed by atoms with van der Waals surface area (Å²) in [5.41, 5.74) is 0.986. The SMILES string of the molecule is OC1(Cc2cccc(Cl)c2)CCN(c2ccc3nncn3n2)C1. The van der Waals surface area contributed by atoms with Gasteiger partial charge in [0.25, 0.3) is 0 Å². The second-order valence-electron chi connectivity index (χ2n) is 6.03. The average Bonchev–Trinajstić information content (AvgIpc) is 3.13. The summed E-state index contributed by atoms with van der Waals surface area (Å²) in [6.45, 7) is 1.30. The van der Waals surface area contributed by atoms with Crippen molar-refractivity contribution in [3.63, 3.8) is 0 Å². The Labute approximate surface area is 138 Å². The highest BCUT2D eigenvalue weighted by Gasteiger charge is 2.36. The van der Waals surface area contributed by atoms with E-state index < -0.39 is 5.60 Å². The zero-order valence-electron chi connectivity index (χ0n) is 12.4. The Kier molecular flexibility index (Phi) is 3.43. The van der Waals surface area contributed by atoms with E-state index in [0.29, 0.717) is 30.1 Å². The van der Waals surface area contributed by atoms with Crippen LogP contribution in [0.4, 0.5) is 5.82 Å². The third-order valence-corrected chi connectivity index (χ3v) is 4.46. The molecule has 7 heteroatoms. The van der Waals surface area contributed by atoms with Crippen LogP contribution in [0.15, 0.2) is 42.7 Å². The van der Waals surface area contributed by atoms with Gasteiger partial charge in [-0.15, -0.1) is 15.3 Å². The molecule has 1 aliphatic rings. The molecule has 1 N–H and O–H groups in total. The predicted octanol–water partition coefficient (Wildman–Crippen LogP) is 1.96. The lowest BCUT2D eigenvalue weighted by Crippen LogP contribution is -2.35. The van der Waals surface area contributed by atoms with Crippen molar-refractivity contribution in [2.45, 2.75) is 18.4 Å². The van der Waals surface area contributed by atoms with E-state index in [0.717, 1.165) is 17.9 Å². The second kappa shape index (κ2) is 5.47. The standard InChI is InChI=1S/C16H16ClN5O/c17-13-3-1-2-12(8-13)9-16(23)6-7-21(10-16)15-5-4-14-19-18-11-22(14)20-15/h1-5,8,11,23H,6-7,9-10H2. The van der Waals surface area contributed by atoms with Crippen molar-refractivity contribution in [2.75, 3.05) is 18.0 Å². The van der Waals surface area contributed by atoms with Crippen molar-refractivity contribution in [1.82, 2.24) is 19.8 Å². The molecule has 0 bridgehead atoms. The number of anilines is 1. The first-order chi connectivity index (χ1) is 11.1. The summed E-state index contributed by atoms with van der Waals surface area (Å²) in [6, 6.07) is 11.4. The van der Waals surface area contributed by atoms with Gasteiger partial charge < -0.3 is 10.0 Å². The molecule has 2 aromatic heterocycles. The second-order valence-corrected chi connectivity index (χ2v) is 6.46. The van der Waals surface area contributed by atoms with E-state index in [2.05, 4.69) is 20.2 Å². The zero-order chi connectivity index (χ0) is 15.9. The predicted molar refractivity (Wildman–Crippen MR) is 87.7 cm³/mol. The Hall–Kier alpha value is -2.18. The lowest BCUT2D eigenvalue weighted by Gasteiger charge is -2.24. The summed E-state index contributed by atoms with van der Waals surface area (Å²) in [7, 11) is 0. The molecule has 1 aliphatic heterocycles. The largest absolute Gasteiger partial charge is 0.388 e. The molecule has 0 radical (unpaired) electrons. The molecule has 118 valence electrons. The maximum absolute atomic E-state index is 10.9. The van der Waals surface area contributed by atoms with Crippen molar-refractivity contribution < 1.29 is 5.11 Å². The lowest BCUT2D eigenvalue weighted by atomic mass is 9.94. The molecular formula is C16H16ClN5O. The normalized spacial score (nSPS) is 21.2. The number of hydrogen-bond acceptors (Lipinski definition) is 5. The minimum Gasteiger partial charge on any atom is -0.388 e. The molecule has 6 nitrogen and oxygen atoms in total. The Bertz CT molecular complexity index is 851. The van der Waals surface area contributed by atoms with Crippen molar-refractivity contribution in [1.29, 1.82) is 0 Å². The van der Waals surface area contributed by atoms with E-state index in [4.69, 9.17) is 11.6 Å². The van der Waals surface area contributed by atoms with Crippen LogP contribution >= 0.6 is 11.6 Å². The van der Waals surface area contributed by atoms with E-state index in [1.807, 2.05) is 36.4 Å². The maximum Gasteiger partial charge on any atom is 0.177 e. The van der Waals surface area contributed by atoms with Gasteiger partial charge in [-0.1, -0.05) is 23.7 Å². The fourth-order valence-corrected chi connectivity index (χ4v) is 3.32. The Balaban J connectivity index is 1.53. The highest BCUT2D eigenvalue weighted by Crippen LogP contribution is 2.29. The minimum absolute atomic E-state index is 0.542. The quantitative estimate of drug-likeness (QED) is 0.795. The number of β-amino-alcohol motifs (C(OH)–C–C–N with tert-alkyl or cyclic N) is 1. The molecule has 0 aliphatic carbocycles. The van der Waals surface area contributed by atoms with Gasteiger partial charge in [0.05, 0.1) is 5.60 Å². The summed E-state index contributed by atoms with van der Waals surface area (Å²) >= 11 is 6.03. The average molecular weight is 330 g/mol. The summed E-state index contributed by atoms with van der Waals surface area (Å²) in [6.07, 6.45) is 2.85. The molecule has 0 amide bonds. The number of hydrogen-bond donors (Lipinski definition) is 1. The Morgan fingerprint density at radius 1 is 1.26 bits per heavy atom. The van der Waals surface area contributed by atoms with Crippen LogP contribution in [0.5, 0.6) is 0 Å². The van der Waals surface area contributed by atoms with Crippen LogP contribution < -0.4 is 4.90 Å². The summed E-state index contributed by atoms with van der Waals surface area (Å²) < 4.78 is 1.64. The fourth-order valence-electron chi connectivity index (χ4n) is 3.11. The third kappa shape index (κ3) is 2.87. The number of aromatic nitrogens is 4. The van der Waals surface area contributed by atoms with Crippen molar-refractivity contribution in [2.24, 2.45) is 0 Å². The molecule has 3 heterocycles. The first kappa shape index (κ1) is 14.4. The van der Waals surface area contributed by atoms with Gasteiger partial charge in [-0.05, 0) is 36.2 Å². The van der Waals surface area contributed by atoms with Crippen molar-refractivity contribution in [3.05, 3.63) is 53.3 Å². The van der Waals surface area contributed by atoms with Crippen LogP contribution in [0, 0.1) is 0 Å². The zero-order valence-corrected chi connectivity index (χ0v) is 13.2. The number of halogens is 1. The van der Waals surface area contributed by atoms with E-state index in [1.54, 1.807) is 10.8 Å². The van der Waals surface area contributed by atoms with Crippen LogP contribution in [0.3, 0.4) is 0 Å². The molecule has 0 spiro atoms. The van der Waals surface area contributed by atoms with Gasteiger partial charge in [0.15, 0.2) is 5.65 Å². The van der Waals surface area contributed by atoms with Gasteiger partial charge in [-0.3, -0.25) is 0 Å². The third-order valence-electron chi connectivity index (χ3n) is 4.23. The lowest BCUT2D eigenvalue weighted by molar-refractivity contribution is 0.0637. The van der Waals surface area contributed by atoms with Gasteiger partial charge in [-0.25, -0.2) is 0 Å². The topological polar surface area (TPSA) is 66.5 Å². The molecule has 0 saturated carbocycles. The first-order valence-electron chi connectivity index (χ1n) is 7.50. The molecular weight excluding hydrogens is 314 g/mol. The van der Waals surface area contributed by atoms with Gasteiger partial charge in [0, 0.05) is 24.5 Å². The minimum atomic E-state index is -0.769. The molecule has 23 heavy (non-hydrogen) atoms. The van der Waals surface area contributed by atoms with Crippen LogP contribution in [-0.4, -0.2) is 43.6 Å². The number of benzene rings is 1. The van der Waals surface area contributed by atoms with Gasteiger partial charge in [0.2, 0.25) is 0 Å². The molecule has 4 rings (SSSR count). The van der Waals surface area contributed by atoms with E-state index >= 15 is 0 Å². The number of rotatable bonds is 3. The molecule has 3 aromatic rings. The smallest absolute Gasteiger partial charge is 0.177 e. The van der Waals surface area contributed by atoms with Crippen LogP contribution in [0.25, 0.3) is 5.65 Å². The van der Waals surface area contributed by atoms with Crippen molar-refractivity contribution in [3.8, 4) is 0 Å². The Morgan fingerprint density at radius 3 is 3.04 bits per heavy atom. The van der Waals surface area contributed by atoms with Crippen LogP contribution in [-0.2, 0) is 6.42 Å². The van der Waals surface area contributed by atoms with Crippen molar-refractivity contribution >= 4 is 23.1 Å². The van der Waals surface area contributed by atoms with Gasteiger partial charge in [-0.2, -0.15) is 4.52 Å². The number of nitrogens with zero attached hydrogens (tertiary/aromatic N) is 5. The summed E-state index contributed by atoms with van der Waals surface area (Å²) in [4.78, 5) is 2.09. The highest BCUT2D eigenvalue weighted by atomic mass is 35.5. The van der Waals surface area contributed by atoms with Crippen LogP contribution in [0.2, 0.25) is 5.02 Å². The number of aliphatic hydroxyl groups is 1. The molecule has 1 unspecified atom stereocenters. The van der Waals surface area contributed by atoms with E-state index in [9.17, 15) is 5.11 Å². The maximum atomic E-state index is 10.9. The fraction of sp³-hybridized carbons (Fsp3) is 0.312. The molecule has 1 saturated heterocycles. The van der Waals surface area contributed by atoms with E-state index in [-0.39, 0.29) is 0 Å². The Morgan fingerprint density at radius 2 is 2.17 bits per heavy atom. The highest BCUT2D eigenvalue weighted by molar-refractivity contribution is 6.30. The van der Waals surface area contributed by atoms with Crippen LogP contribution in [0.1, 0.15) is 12.0 Å².